The predicted octanol–water partition coefficient (Wildman–Crippen LogP) is 1.81. The highest BCUT2D eigenvalue weighted by molar-refractivity contribution is 5.66. The molecule has 4 aliphatic carbocycles. The number of aliphatic hydroxyl groups excluding tert-OH is 7. The van der Waals surface area contributed by atoms with Crippen LogP contribution in [0, 0.1) is 46.3 Å². The molecule has 0 radical (unpaired) electrons. The van der Waals surface area contributed by atoms with Crippen LogP contribution in [-0.2, 0) is 47.4 Å². The molecular formula is C47H74O17. The third-order valence-electron chi connectivity index (χ3n) is 17.9. The zero-order valence-corrected chi connectivity index (χ0v) is 38.3. The van der Waals surface area contributed by atoms with Crippen LogP contribution in [0.25, 0.3) is 0 Å². The molecule has 9 rings (SSSR count). The van der Waals surface area contributed by atoms with Gasteiger partial charge in [0.05, 0.1) is 37.6 Å². The molecule has 9 aliphatic rings. The molecule has 0 aromatic heterocycles. The normalized spacial score (nSPS) is 56.1. The Morgan fingerprint density at radius 2 is 1.45 bits per heavy atom. The first-order valence-corrected chi connectivity index (χ1v) is 24.1. The molecule has 17 nitrogen and oxygen atoms in total. The van der Waals surface area contributed by atoms with E-state index < -0.39 is 110 Å². The second kappa shape index (κ2) is 17.8. The van der Waals surface area contributed by atoms with E-state index in [1.165, 1.54) is 19.4 Å². The summed E-state index contributed by atoms with van der Waals surface area (Å²) in [6.45, 7) is 13.9. The number of esters is 1. The molecule has 64 heavy (non-hydrogen) atoms. The van der Waals surface area contributed by atoms with Gasteiger partial charge in [-0.1, -0.05) is 39.3 Å². The molecule has 8 fully saturated rings. The molecule has 5 saturated heterocycles. The van der Waals surface area contributed by atoms with Crippen molar-refractivity contribution < 1.29 is 83.2 Å². The minimum absolute atomic E-state index is 0.0301. The van der Waals surface area contributed by atoms with E-state index in [0.29, 0.717) is 48.3 Å². The van der Waals surface area contributed by atoms with E-state index in [1.54, 1.807) is 0 Å². The Morgan fingerprint density at radius 1 is 0.750 bits per heavy atom. The van der Waals surface area contributed by atoms with E-state index in [2.05, 4.69) is 33.8 Å². The highest BCUT2D eigenvalue weighted by atomic mass is 16.8. The number of aliphatic hydroxyl groups is 7. The molecule has 0 aromatic carbocycles. The summed E-state index contributed by atoms with van der Waals surface area (Å²) in [6.07, 6.45) is -10.6. The standard InChI is InChI=1S/C47H74O17/c1-20-10-15-47(56-19-20)21(2)32-30(64-47)17-29-27-9-8-25-16-26(11-13-45(25,6)28(27)12-14-46(29,32)7)60-44-41(63-42-36(53)34(51)33(50)22(3)57-42)38(55)40(31(18-48)61-44)62-43-37(54)35(52)39(23(4)58-43)59-24(5)49/h8,20-23,26-44,48,50-55H,9-19H2,1-7H3/t20-,21+,22-,23-,26+,27-,28+,29+,30+,31-,32+,33-,34+,35-,36+,37+,38+,39-,40-,41-,42-,43-,44-,45+,46+,47-/m1/s1. The number of allylic oxidation sites excluding steroid dienone is 1. The highest BCUT2D eigenvalue weighted by Gasteiger charge is 2.69. The molecule has 7 N–H and O–H groups in total. The van der Waals surface area contributed by atoms with E-state index in [0.717, 1.165) is 58.5 Å². The van der Waals surface area contributed by atoms with Gasteiger partial charge in [-0.2, -0.15) is 0 Å². The molecule has 26 atom stereocenters. The fourth-order valence-electron chi connectivity index (χ4n) is 14.3. The van der Waals surface area contributed by atoms with Crippen LogP contribution in [0.1, 0.15) is 106 Å². The van der Waals surface area contributed by atoms with Crippen LogP contribution in [0.4, 0.5) is 0 Å². The van der Waals surface area contributed by atoms with Gasteiger partial charge in [-0.3, -0.25) is 4.79 Å². The summed E-state index contributed by atoms with van der Waals surface area (Å²) in [5, 5.41) is 76.7. The molecular weight excluding hydrogens is 836 g/mol. The number of hydrogen-bond acceptors (Lipinski definition) is 17. The van der Waals surface area contributed by atoms with Crippen molar-refractivity contribution in [2.24, 2.45) is 46.3 Å². The van der Waals surface area contributed by atoms with Crippen molar-refractivity contribution in [1.82, 2.24) is 0 Å². The summed E-state index contributed by atoms with van der Waals surface area (Å²) < 4.78 is 55.7. The fourth-order valence-corrected chi connectivity index (χ4v) is 14.3. The Morgan fingerprint density at radius 3 is 2.14 bits per heavy atom. The van der Waals surface area contributed by atoms with Gasteiger partial charge < -0.3 is 78.4 Å². The van der Waals surface area contributed by atoms with Gasteiger partial charge in [-0.25, -0.2) is 0 Å². The van der Waals surface area contributed by atoms with Crippen molar-refractivity contribution >= 4 is 5.97 Å². The SMILES string of the molecule is CC(=O)O[C@H]1[C@H](O)[C@H](O)[C@@H](O[C@H]2[C@H](O)[C@@H](O[C@H]3O[C@H](C)[C@@H](O)[C@H](O)[C@@H]3O)[C@H](O[C@H]3CC[C@@]4(C)C(=CC[C@H]5[C@@H]6C[C@@H]7O[C@]8(CC[C@@H](C)CO8)[C@@H](C)[C@@H]7[C@@]6(C)CC[C@@H]54)C3)O[C@@H]2CO)O[C@@H]1C. The van der Waals surface area contributed by atoms with Crippen LogP contribution in [0.3, 0.4) is 0 Å². The Hall–Kier alpha value is -1.39. The van der Waals surface area contributed by atoms with Gasteiger partial charge >= 0.3 is 5.97 Å². The third-order valence-corrected chi connectivity index (χ3v) is 17.9. The summed E-state index contributed by atoms with van der Waals surface area (Å²) in [4.78, 5) is 11.7. The van der Waals surface area contributed by atoms with Crippen molar-refractivity contribution in [2.75, 3.05) is 13.2 Å². The first-order valence-electron chi connectivity index (χ1n) is 24.1. The van der Waals surface area contributed by atoms with Crippen molar-refractivity contribution in [3.63, 3.8) is 0 Å². The Labute approximate surface area is 376 Å². The van der Waals surface area contributed by atoms with E-state index in [1.807, 2.05) is 0 Å². The summed E-state index contributed by atoms with van der Waals surface area (Å²) in [6, 6.07) is 0. The second-order valence-corrected chi connectivity index (χ2v) is 21.6. The Bertz CT molecular complexity index is 1710. The topological polar surface area (TPSA) is 242 Å². The predicted molar refractivity (Wildman–Crippen MR) is 222 cm³/mol. The monoisotopic (exact) mass is 910 g/mol. The van der Waals surface area contributed by atoms with Gasteiger partial charge in [-0.05, 0) is 106 Å². The van der Waals surface area contributed by atoms with E-state index >= 15 is 0 Å². The fraction of sp³-hybridized carbons (Fsp3) is 0.936. The molecule has 3 saturated carbocycles. The smallest absolute Gasteiger partial charge is 0.303 e. The maximum atomic E-state index is 12.1. The molecule has 0 bridgehead atoms. The van der Waals surface area contributed by atoms with Crippen LogP contribution >= 0.6 is 0 Å². The maximum Gasteiger partial charge on any atom is 0.303 e. The van der Waals surface area contributed by atoms with Gasteiger partial charge in [-0.15, -0.1) is 0 Å². The molecule has 5 heterocycles. The summed E-state index contributed by atoms with van der Waals surface area (Å²) in [5.74, 6) is 1.90. The third kappa shape index (κ3) is 7.95. The molecule has 364 valence electrons. The first-order chi connectivity index (χ1) is 30.3. The van der Waals surface area contributed by atoms with Gasteiger partial charge in [0, 0.05) is 19.3 Å². The van der Waals surface area contributed by atoms with E-state index in [9.17, 15) is 40.5 Å². The number of carbonyl (C=O) groups is 1. The summed E-state index contributed by atoms with van der Waals surface area (Å²) in [5.41, 5.74) is 1.50. The molecule has 0 amide bonds. The van der Waals surface area contributed by atoms with Crippen LogP contribution in [0.15, 0.2) is 11.6 Å². The Kier molecular flexibility index (Phi) is 13.3. The Balaban J connectivity index is 0.913. The lowest BCUT2D eigenvalue weighted by molar-refractivity contribution is -0.388. The molecule has 5 aliphatic heterocycles. The van der Waals surface area contributed by atoms with Gasteiger partial charge in [0.1, 0.15) is 54.9 Å². The highest BCUT2D eigenvalue weighted by Crippen LogP contribution is 2.70. The molecule has 17 heteroatoms. The molecule has 1 spiro atoms. The molecule has 0 aromatic rings. The van der Waals surface area contributed by atoms with Crippen molar-refractivity contribution in [3.8, 4) is 0 Å². The van der Waals surface area contributed by atoms with Crippen molar-refractivity contribution in [3.05, 3.63) is 11.6 Å². The first kappa shape index (κ1) is 47.7. The lowest BCUT2D eigenvalue weighted by atomic mass is 9.47. The van der Waals surface area contributed by atoms with E-state index in [4.69, 9.17) is 42.6 Å². The lowest BCUT2D eigenvalue weighted by Crippen LogP contribution is -2.66. The van der Waals surface area contributed by atoms with Crippen LogP contribution in [0.5, 0.6) is 0 Å². The number of ether oxygens (including phenoxy) is 9. The largest absolute Gasteiger partial charge is 0.457 e. The minimum Gasteiger partial charge on any atom is -0.457 e. The van der Waals surface area contributed by atoms with Crippen molar-refractivity contribution in [1.29, 1.82) is 0 Å². The number of hydrogen-bond donors (Lipinski definition) is 7. The zero-order valence-electron chi connectivity index (χ0n) is 38.3. The van der Waals surface area contributed by atoms with Gasteiger partial charge in [0.2, 0.25) is 0 Å². The number of fused-ring (bicyclic) bond motifs is 7. The second-order valence-electron chi connectivity index (χ2n) is 21.6. The summed E-state index contributed by atoms with van der Waals surface area (Å²) >= 11 is 0. The van der Waals surface area contributed by atoms with Gasteiger partial charge in [0.15, 0.2) is 30.8 Å². The van der Waals surface area contributed by atoms with Crippen molar-refractivity contribution in [2.45, 2.75) is 216 Å². The average molecular weight is 911 g/mol. The van der Waals surface area contributed by atoms with Gasteiger partial charge in [0.25, 0.3) is 0 Å². The number of rotatable bonds is 8. The average Bonchev–Trinajstić information content (AvgIpc) is 3.71. The quantitative estimate of drug-likeness (QED) is 0.136. The minimum atomic E-state index is -1.74. The zero-order chi connectivity index (χ0) is 45.8. The lowest BCUT2D eigenvalue weighted by Gasteiger charge is -2.58. The number of carbonyl (C=O) groups excluding carboxylic acids is 1. The van der Waals surface area contributed by atoms with Crippen LogP contribution in [-0.4, -0.2) is 165 Å². The summed E-state index contributed by atoms with van der Waals surface area (Å²) in [7, 11) is 0. The maximum absolute atomic E-state index is 12.1. The molecule has 0 unspecified atom stereocenters. The van der Waals surface area contributed by atoms with Crippen LogP contribution in [0.2, 0.25) is 0 Å². The van der Waals surface area contributed by atoms with E-state index in [-0.39, 0.29) is 23.0 Å². The van der Waals surface area contributed by atoms with Crippen LogP contribution < -0.4 is 0 Å².